The predicted octanol–water partition coefficient (Wildman–Crippen LogP) is 3.46. The Morgan fingerprint density at radius 1 is 1.25 bits per heavy atom. The lowest BCUT2D eigenvalue weighted by molar-refractivity contribution is -0.384. The lowest BCUT2D eigenvalue weighted by Gasteiger charge is -2.09. The molecule has 0 bridgehead atoms. The van der Waals surface area contributed by atoms with E-state index in [2.05, 4.69) is 4.98 Å². The predicted molar refractivity (Wildman–Crippen MR) is 76.1 cm³/mol. The molecule has 0 spiro atoms. The number of rotatable bonds is 4. The van der Waals surface area contributed by atoms with Crippen molar-refractivity contribution in [1.82, 2.24) is 4.98 Å². The number of ether oxygens (including phenoxy) is 1. The highest BCUT2D eigenvalue weighted by atomic mass is 35.5. The molecule has 1 aromatic carbocycles. The van der Waals surface area contributed by atoms with Gasteiger partial charge in [0.15, 0.2) is 0 Å². The van der Waals surface area contributed by atoms with Gasteiger partial charge in [-0.1, -0.05) is 23.2 Å². The number of halogens is 2. The lowest BCUT2D eigenvalue weighted by atomic mass is 10.3. The zero-order chi connectivity index (χ0) is 14.7. The van der Waals surface area contributed by atoms with Gasteiger partial charge in [0.2, 0.25) is 0 Å². The minimum Gasteiger partial charge on any atom is -0.486 e. The Morgan fingerprint density at radius 2 is 2.00 bits per heavy atom. The molecule has 1 aromatic heterocycles. The van der Waals surface area contributed by atoms with Crippen molar-refractivity contribution in [2.75, 3.05) is 5.73 Å². The molecular weight excluding hydrogens is 305 g/mol. The number of hydrogen-bond acceptors (Lipinski definition) is 5. The maximum Gasteiger partial charge on any atom is 0.271 e. The van der Waals surface area contributed by atoms with Crippen molar-refractivity contribution < 1.29 is 9.66 Å². The second kappa shape index (κ2) is 5.94. The molecule has 0 unspecified atom stereocenters. The van der Waals surface area contributed by atoms with E-state index in [0.717, 1.165) is 0 Å². The Bertz CT molecular complexity index is 664. The maximum atomic E-state index is 10.6. The summed E-state index contributed by atoms with van der Waals surface area (Å²) in [6.07, 6.45) is 0. The van der Waals surface area contributed by atoms with Crippen molar-refractivity contribution in [1.29, 1.82) is 0 Å². The van der Waals surface area contributed by atoms with Crippen LogP contribution in [0.15, 0.2) is 30.3 Å². The summed E-state index contributed by atoms with van der Waals surface area (Å²) in [6, 6.07) is 7.12. The minimum atomic E-state index is -0.536. The number of nitrogens with two attached hydrogens (primary N) is 1. The van der Waals surface area contributed by atoms with Crippen LogP contribution in [0.1, 0.15) is 5.69 Å². The number of aromatic nitrogens is 1. The molecule has 0 radical (unpaired) electrons. The van der Waals surface area contributed by atoms with Gasteiger partial charge < -0.3 is 10.5 Å². The van der Waals surface area contributed by atoms with Crippen molar-refractivity contribution in [3.05, 3.63) is 56.2 Å². The van der Waals surface area contributed by atoms with E-state index in [4.69, 9.17) is 33.7 Å². The SMILES string of the molecule is Nc1ccc(Cl)c(COc2ccc([N+](=O)[O-])cc2Cl)n1. The summed E-state index contributed by atoms with van der Waals surface area (Å²) in [6.45, 7) is 0.0569. The van der Waals surface area contributed by atoms with Gasteiger partial charge in [0.05, 0.1) is 20.7 Å². The monoisotopic (exact) mass is 313 g/mol. The van der Waals surface area contributed by atoms with Gasteiger partial charge in [0, 0.05) is 12.1 Å². The normalized spacial score (nSPS) is 10.3. The molecule has 1 heterocycles. The zero-order valence-electron chi connectivity index (χ0n) is 10.0. The molecule has 2 N–H and O–H groups in total. The van der Waals surface area contributed by atoms with E-state index in [9.17, 15) is 10.1 Å². The maximum absolute atomic E-state index is 10.6. The molecule has 0 aliphatic carbocycles. The summed E-state index contributed by atoms with van der Waals surface area (Å²) in [7, 11) is 0. The molecule has 6 nitrogen and oxygen atoms in total. The van der Waals surface area contributed by atoms with E-state index in [1.54, 1.807) is 12.1 Å². The highest BCUT2D eigenvalue weighted by Gasteiger charge is 2.11. The van der Waals surface area contributed by atoms with Crippen molar-refractivity contribution in [2.45, 2.75) is 6.61 Å². The summed E-state index contributed by atoms with van der Waals surface area (Å²) in [5.74, 6) is 0.625. The van der Waals surface area contributed by atoms with E-state index in [1.807, 2.05) is 0 Å². The van der Waals surface area contributed by atoms with E-state index < -0.39 is 4.92 Å². The van der Waals surface area contributed by atoms with Gasteiger partial charge in [-0.2, -0.15) is 0 Å². The third kappa shape index (κ3) is 3.28. The second-order valence-corrected chi connectivity index (χ2v) is 4.64. The topological polar surface area (TPSA) is 91.3 Å². The van der Waals surface area contributed by atoms with Gasteiger partial charge >= 0.3 is 0 Å². The molecule has 0 saturated carbocycles. The molecular formula is C12H9Cl2N3O3. The molecule has 2 rings (SSSR count). The Labute approximate surface area is 124 Å². The Balaban J connectivity index is 2.15. The highest BCUT2D eigenvalue weighted by molar-refractivity contribution is 6.32. The number of anilines is 1. The molecule has 0 fully saturated rings. The van der Waals surface area contributed by atoms with Crippen molar-refractivity contribution in [3.8, 4) is 5.75 Å². The first-order chi connectivity index (χ1) is 9.47. The summed E-state index contributed by atoms with van der Waals surface area (Å²) < 4.78 is 5.44. The van der Waals surface area contributed by atoms with Crippen molar-refractivity contribution >= 4 is 34.7 Å². The molecule has 0 saturated heterocycles. The van der Waals surface area contributed by atoms with Crippen LogP contribution >= 0.6 is 23.2 Å². The zero-order valence-corrected chi connectivity index (χ0v) is 11.6. The van der Waals surface area contributed by atoms with Crippen LogP contribution in [0.2, 0.25) is 10.0 Å². The number of hydrogen-bond donors (Lipinski definition) is 1. The molecule has 0 atom stereocenters. The molecule has 0 aliphatic rings. The van der Waals surface area contributed by atoms with E-state index >= 15 is 0 Å². The van der Waals surface area contributed by atoms with E-state index in [1.165, 1.54) is 18.2 Å². The van der Waals surface area contributed by atoms with Crippen LogP contribution in [-0.4, -0.2) is 9.91 Å². The Hall–Kier alpha value is -2.05. The largest absolute Gasteiger partial charge is 0.486 e. The summed E-state index contributed by atoms with van der Waals surface area (Å²) in [5.41, 5.74) is 5.90. The number of nitrogen functional groups attached to an aromatic ring is 1. The van der Waals surface area contributed by atoms with Gasteiger partial charge in [-0.3, -0.25) is 10.1 Å². The van der Waals surface area contributed by atoms with E-state index in [-0.39, 0.29) is 17.3 Å². The number of nitrogens with zero attached hydrogens (tertiary/aromatic N) is 2. The number of pyridine rings is 1. The van der Waals surface area contributed by atoms with Crippen LogP contribution in [0.3, 0.4) is 0 Å². The highest BCUT2D eigenvalue weighted by Crippen LogP contribution is 2.29. The van der Waals surface area contributed by atoms with Crippen LogP contribution in [0, 0.1) is 10.1 Å². The fourth-order valence-electron chi connectivity index (χ4n) is 1.47. The van der Waals surface area contributed by atoms with Gasteiger partial charge in [-0.15, -0.1) is 0 Å². The number of non-ortho nitro benzene ring substituents is 1. The van der Waals surface area contributed by atoms with Crippen LogP contribution in [0.5, 0.6) is 5.75 Å². The quantitative estimate of drug-likeness (QED) is 0.689. The average molecular weight is 314 g/mol. The fourth-order valence-corrected chi connectivity index (χ4v) is 1.86. The molecule has 8 heteroatoms. The summed E-state index contributed by atoms with van der Waals surface area (Å²) in [5, 5.41) is 11.1. The van der Waals surface area contributed by atoms with Gasteiger partial charge in [-0.05, 0) is 18.2 Å². The van der Waals surface area contributed by atoms with Crippen LogP contribution in [0.4, 0.5) is 11.5 Å². The lowest BCUT2D eigenvalue weighted by Crippen LogP contribution is -2.02. The summed E-state index contributed by atoms with van der Waals surface area (Å²) >= 11 is 11.9. The van der Waals surface area contributed by atoms with Crippen LogP contribution in [0.25, 0.3) is 0 Å². The van der Waals surface area contributed by atoms with Crippen molar-refractivity contribution in [2.24, 2.45) is 0 Å². The number of nitro groups is 1. The first-order valence-electron chi connectivity index (χ1n) is 5.45. The smallest absolute Gasteiger partial charge is 0.271 e. The van der Waals surface area contributed by atoms with Gasteiger partial charge in [-0.25, -0.2) is 4.98 Å². The average Bonchev–Trinajstić information content (AvgIpc) is 2.40. The molecule has 2 aromatic rings. The van der Waals surface area contributed by atoms with Crippen LogP contribution < -0.4 is 10.5 Å². The van der Waals surface area contributed by atoms with Crippen molar-refractivity contribution in [3.63, 3.8) is 0 Å². The first kappa shape index (κ1) is 14.4. The number of nitro benzene ring substituents is 1. The summed E-state index contributed by atoms with van der Waals surface area (Å²) in [4.78, 5) is 14.1. The molecule has 0 amide bonds. The third-order valence-electron chi connectivity index (χ3n) is 2.43. The molecule has 0 aliphatic heterocycles. The third-order valence-corrected chi connectivity index (χ3v) is 3.07. The fraction of sp³-hybridized carbons (Fsp3) is 0.0833. The van der Waals surface area contributed by atoms with Crippen LogP contribution in [-0.2, 0) is 6.61 Å². The Morgan fingerprint density at radius 3 is 2.65 bits per heavy atom. The molecule has 104 valence electrons. The number of benzene rings is 1. The first-order valence-corrected chi connectivity index (χ1v) is 6.20. The Kier molecular flexibility index (Phi) is 4.26. The second-order valence-electron chi connectivity index (χ2n) is 3.83. The molecule has 20 heavy (non-hydrogen) atoms. The van der Waals surface area contributed by atoms with E-state index in [0.29, 0.717) is 22.3 Å². The van der Waals surface area contributed by atoms with Gasteiger partial charge in [0.1, 0.15) is 18.2 Å². The standard InChI is InChI=1S/C12H9Cl2N3O3/c13-8-2-4-12(15)16-10(8)6-20-11-3-1-7(17(18)19)5-9(11)14/h1-5H,6H2,(H2,15,16). The van der Waals surface area contributed by atoms with Gasteiger partial charge in [0.25, 0.3) is 5.69 Å². The minimum absolute atomic E-state index is 0.0569.